The van der Waals surface area contributed by atoms with Gasteiger partial charge in [-0.25, -0.2) is 13.1 Å². The molecule has 136 valence electrons. The molecule has 2 heterocycles. The zero-order valence-corrected chi connectivity index (χ0v) is 16.1. The van der Waals surface area contributed by atoms with Crippen molar-refractivity contribution >= 4 is 31.9 Å². The Labute approximate surface area is 160 Å². The Morgan fingerprint density at radius 1 is 0.963 bits per heavy atom. The van der Waals surface area contributed by atoms with E-state index in [9.17, 15) is 13.2 Å². The van der Waals surface area contributed by atoms with Gasteiger partial charge in [0.05, 0.1) is 21.7 Å². The van der Waals surface area contributed by atoms with E-state index in [1.165, 1.54) is 10.9 Å². The Morgan fingerprint density at radius 3 is 2.30 bits per heavy atom. The van der Waals surface area contributed by atoms with Crippen LogP contribution in [0.2, 0.25) is 0 Å². The van der Waals surface area contributed by atoms with Crippen molar-refractivity contribution in [2.24, 2.45) is 0 Å². The third-order valence-electron chi connectivity index (χ3n) is 4.31. The van der Waals surface area contributed by atoms with Gasteiger partial charge in [-0.05, 0) is 35.2 Å². The number of hydrogen-bond acceptors (Lipinski definition) is 5. The Kier molecular flexibility index (Phi) is 4.41. The number of aromatic nitrogens is 2. The fourth-order valence-corrected chi connectivity index (χ4v) is 4.31. The van der Waals surface area contributed by atoms with Crippen molar-refractivity contribution < 1.29 is 8.42 Å². The van der Waals surface area contributed by atoms with Crippen LogP contribution in [0.5, 0.6) is 0 Å². The number of fused-ring (bicyclic) bond motifs is 1. The topological polar surface area (TPSA) is 69.0 Å². The van der Waals surface area contributed by atoms with E-state index >= 15 is 0 Å². The molecular formula is C20H16N2O3S2. The summed E-state index contributed by atoms with van der Waals surface area (Å²) in [6.07, 6.45) is 1.17. The number of sulfone groups is 1. The highest BCUT2D eigenvalue weighted by Crippen LogP contribution is 2.28. The molecule has 0 saturated carbocycles. The molecule has 2 aromatic carbocycles. The lowest BCUT2D eigenvalue weighted by Crippen LogP contribution is -2.24. The second-order valence-electron chi connectivity index (χ2n) is 6.25. The highest BCUT2D eigenvalue weighted by Gasteiger charge is 2.13. The van der Waals surface area contributed by atoms with Crippen LogP contribution in [0.4, 0.5) is 0 Å². The summed E-state index contributed by atoms with van der Waals surface area (Å²) in [5, 5.41) is 8.02. The molecular weight excluding hydrogens is 380 g/mol. The number of rotatable bonds is 4. The van der Waals surface area contributed by atoms with Crippen LogP contribution < -0.4 is 5.56 Å². The highest BCUT2D eigenvalue weighted by atomic mass is 32.2. The minimum absolute atomic E-state index is 0.168. The predicted molar refractivity (Wildman–Crippen MR) is 108 cm³/mol. The molecule has 27 heavy (non-hydrogen) atoms. The number of benzene rings is 2. The molecule has 0 fully saturated rings. The fourth-order valence-electron chi connectivity index (χ4n) is 2.95. The summed E-state index contributed by atoms with van der Waals surface area (Å²) in [5.74, 6) is 0. The summed E-state index contributed by atoms with van der Waals surface area (Å²) in [5.41, 5.74) is 1.41. The Bertz CT molecular complexity index is 1270. The van der Waals surface area contributed by atoms with Gasteiger partial charge in [-0.2, -0.15) is 5.10 Å². The van der Waals surface area contributed by atoms with Crippen molar-refractivity contribution in [1.29, 1.82) is 0 Å². The van der Waals surface area contributed by atoms with E-state index < -0.39 is 9.84 Å². The van der Waals surface area contributed by atoms with Crippen LogP contribution in [0, 0.1) is 0 Å². The summed E-state index contributed by atoms with van der Waals surface area (Å²) < 4.78 is 24.7. The molecule has 0 amide bonds. The standard InChI is InChI=1S/C20H16N2O3S2/c1-27(24,25)15-10-8-14(9-11-15)13-22-20(23)17-6-3-2-5-16(17)19(21-22)18-7-4-12-26-18/h2-12H,13H2,1H3. The predicted octanol–water partition coefficient (Wildman–Crippen LogP) is 3.58. The maximum absolute atomic E-state index is 12.9. The zero-order chi connectivity index (χ0) is 19.0. The Hall–Kier alpha value is -2.77. The summed E-state index contributed by atoms with van der Waals surface area (Å²) in [6.45, 7) is 0.270. The lowest BCUT2D eigenvalue weighted by atomic mass is 10.1. The maximum atomic E-state index is 12.9. The molecule has 0 spiro atoms. The first-order valence-corrected chi connectivity index (χ1v) is 11.0. The van der Waals surface area contributed by atoms with Crippen molar-refractivity contribution in [2.45, 2.75) is 11.4 Å². The molecule has 0 aliphatic carbocycles. The van der Waals surface area contributed by atoms with Crippen molar-refractivity contribution in [1.82, 2.24) is 9.78 Å². The molecule has 0 aliphatic rings. The first-order chi connectivity index (χ1) is 12.9. The fraction of sp³-hybridized carbons (Fsp3) is 0.100. The van der Waals surface area contributed by atoms with Crippen molar-refractivity contribution in [3.8, 4) is 10.6 Å². The zero-order valence-electron chi connectivity index (χ0n) is 14.5. The molecule has 7 heteroatoms. The first kappa shape index (κ1) is 17.6. The van der Waals surface area contributed by atoms with Crippen LogP contribution in [0.3, 0.4) is 0 Å². The second-order valence-corrected chi connectivity index (χ2v) is 9.21. The molecule has 0 unspecified atom stereocenters. The smallest absolute Gasteiger partial charge is 0.267 e. The van der Waals surface area contributed by atoms with Crippen LogP contribution in [-0.2, 0) is 16.4 Å². The summed E-state index contributed by atoms with van der Waals surface area (Å²) in [4.78, 5) is 14.1. The van der Waals surface area contributed by atoms with E-state index in [0.29, 0.717) is 5.39 Å². The van der Waals surface area contributed by atoms with E-state index in [1.54, 1.807) is 41.7 Å². The van der Waals surface area contributed by atoms with Gasteiger partial charge in [0.15, 0.2) is 9.84 Å². The van der Waals surface area contributed by atoms with Gasteiger partial charge in [0, 0.05) is 11.6 Å². The summed E-state index contributed by atoms with van der Waals surface area (Å²) in [6, 6.07) is 17.9. The van der Waals surface area contributed by atoms with Crippen LogP contribution in [0.25, 0.3) is 21.3 Å². The first-order valence-electron chi connectivity index (χ1n) is 8.26. The Morgan fingerprint density at radius 2 is 1.67 bits per heavy atom. The molecule has 0 N–H and O–H groups in total. The third kappa shape index (κ3) is 3.43. The number of nitrogens with zero attached hydrogens (tertiary/aromatic N) is 2. The molecule has 0 bridgehead atoms. The van der Waals surface area contributed by atoms with Crippen molar-refractivity contribution in [3.63, 3.8) is 0 Å². The minimum atomic E-state index is -3.25. The van der Waals surface area contributed by atoms with Crippen LogP contribution in [0.1, 0.15) is 5.56 Å². The van der Waals surface area contributed by atoms with Gasteiger partial charge in [-0.1, -0.05) is 36.4 Å². The third-order valence-corrected chi connectivity index (χ3v) is 6.31. The quantitative estimate of drug-likeness (QED) is 0.529. The second kappa shape index (κ2) is 6.75. The van der Waals surface area contributed by atoms with E-state index in [0.717, 1.165) is 21.5 Å². The van der Waals surface area contributed by atoms with Gasteiger partial charge in [-0.15, -0.1) is 11.3 Å². The van der Waals surface area contributed by atoms with E-state index in [4.69, 9.17) is 0 Å². The van der Waals surface area contributed by atoms with Gasteiger partial charge < -0.3 is 0 Å². The van der Waals surface area contributed by atoms with Crippen LogP contribution in [0.15, 0.2) is 75.7 Å². The molecule has 4 rings (SSSR count). The van der Waals surface area contributed by atoms with Crippen LogP contribution >= 0.6 is 11.3 Å². The molecule has 0 saturated heterocycles. The lowest BCUT2D eigenvalue weighted by Gasteiger charge is -2.10. The van der Waals surface area contributed by atoms with E-state index in [-0.39, 0.29) is 17.0 Å². The van der Waals surface area contributed by atoms with E-state index in [1.807, 2.05) is 35.7 Å². The highest BCUT2D eigenvalue weighted by molar-refractivity contribution is 7.90. The molecule has 0 aliphatic heterocycles. The molecule has 5 nitrogen and oxygen atoms in total. The number of thiophene rings is 1. The summed E-state index contributed by atoms with van der Waals surface area (Å²) in [7, 11) is -3.25. The van der Waals surface area contributed by atoms with Crippen molar-refractivity contribution in [3.05, 3.63) is 82.0 Å². The van der Waals surface area contributed by atoms with Gasteiger partial charge >= 0.3 is 0 Å². The average molecular weight is 396 g/mol. The largest absolute Gasteiger partial charge is 0.274 e. The molecule has 2 aromatic heterocycles. The molecule has 0 radical (unpaired) electrons. The van der Waals surface area contributed by atoms with Gasteiger partial charge in [0.25, 0.3) is 5.56 Å². The maximum Gasteiger partial charge on any atom is 0.274 e. The summed E-state index contributed by atoms with van der Waals surface area (Å²) >= 11 is 1.57. The van der Waals surface area contributed by atoms with Gasteiger partial charge in [0.2, 0.25) is 0 Å². The van der Waals surface area contributed by atoms with Gasteiger partial charge in [-0.3, -0.25) is 4.79 Å². The van der Waals surface area contributed by atoms with Gasteiger partial charge in [0.1, 0.15) is 5.69 Å². The molecule has 0 atom stereocenters. The monoisotopic (exact) mass is 396 g/mol. The van der Waals surface area contributed by atoms with Crippen molar-refractivity contribution in [2.75, 3.05) is 6.26 Å². The minimum Gasteiger partial charge on any atom is -0.267 e. The SMILES string of the molecule is CS(=O)(=O)c1ccc(Cn2nc(-c3cccs3)c3ccccc3c2=O)cc1. The van der Waals surface area contributed by atoms with E-state index in [2.05, 4.69) is 5.10 Å². The normalized spacial score (nSPS) is 11.7. The average Bonchev–Trinajstić information content (AvgIpc) is 3.18. The van der Waals surface area contributed by atoms with Crippen LogP contribution in [-0.4, -0.2) is 24.5 Å². The lowest BCUT2D eigenvalue weighted by molar-refractivity contribution is 0.601. The Balaban J connectivity index is 1.83. The number of hydrogen-bond donors (Lipinski definition) is 0. The molecule has 4 aromatic rings.